The standard InChI is InChI=1S/C14H13BrClNO2/c1-8-3-11(4-9(2)13(8)15)19-14-12(16)5-10(7-18)6-17-14/h3-6,18H,7H2,1-2H3. The minimum atomic E-state index is -0.0937. The average Bonchev–Trinajstić information content (AvgIpc) is 2.38. The third-order valence-electron chi connectivity index (χ3n) is 2.67. The maximum absolute atomic E-state index is 9.00. The summed E-state index contributed by atoms with van der Waals surface area (Å²) >= 11 is 9.57. The number of aryl methyl sites for hydroxylation is 2. The predicted octanol–water partition coefficient (Wildman–Crippen LogP) is 4.40. The molecule has 19 heavy (non-hydrogen) atoms. The van der Waals surface area contributed by atoms with Crippen LogP contribution in [-0.2, 0) is 6.61 Å². The molecule has 5 heteroatoms. The van der Waals surface area contributed by atoms with Crippen LogP contribution in [0.2, 0.25) is 5.02 Å². The van der Waals surface area contributed by atoms with E-state index < -0.39 is 0 Å². The number of ether oxygens (including phenoxy) is 1. The van der Waals surface area contributed by atoms with E-state index in [1.807, 2.05) is 26.0 Å². The molecule has 0 unspecified atom stereocenters. The zero-order chi connectivity index (χ0) is 14.0. The maximum atomic E-state index is 9.00. The molecule has 0 spiro atoms. The van der Waals surface area contributed by atoms with Gasteiger partial charge in [-0.2, -0.15) is 0 Å². The van der Waals surface area contributed by atoms with Gasteiger partial charge >= 0.3 is 0 Å². The van der Waals surface area contributed by atoms with Crippen molar-refractivity contribution in [3.63, 3.8) is 0 Å². The van der Waals surface area contributed by atoms with Gasteiger partial charge in [0.1, 0.15) is 10.8 Å². The fraction of sp³-hybridized carbons (Fsp3) is 0.214. The summed E-state index contributed by atoms with van der Waals surface area (Å²) in [5.74, 6) is 1.02. The van der Waals surface area contributed by atoms with Gasteiger partial charge in [0.05, 0.1) is 6.61 Å². The largest absolute Gasteiger partial charge is 0.438 e. The number of aliphatic hydroxyl groups excluding tert-OH is 1. The number of halogens is 2. The molecule has 0 amide bonds. The summed E-state index contributed by atoms with van der Waals surface area (Å²) in [5, 5.41) is 9.38. The number of pyridine rings is 1. The highest BCUT2D eigenvalue weighted by molar-refractivity contribution is 9.10. The fourth-order valence-electron chi connectivity index (χ4n) is 1.70. The first-order valence-corrected chi connectivity index (χ1v) is 6.88. The van der Waals surface area contributed by atoms with Crippen LogP contribution in [0, 0.1) is 13.8 Å². The van der Waals surface area contributed by atoms with Crippen LogP contribution in [0.25, 0.3) is 0 Å². The first-order chi connectivity index (χ1) is 9.01. The van der Waals surface area contributed by atoms with Crippen LogP contribution in [0.4, 0.5) is 0 Å². The van der Waals surface area contributed by atoms with Crippen molar-refractivity contribution in [2.45, 2.75) is 20.5 Å². The lowest BCUT2D eigenvalue weighted by atomic mass is 10.1. The summed E-state index contributed by atoms with van der Waals surface area (Å²) in [6, 6.07) is 5.46. The molecule has 1 aromatic heterocycles. The van der Waals surface area contributed by atoms with Gasteiger partial charge in [-0.1, -0.05) is 27.5 Å². The van der Waals surface area contributed by atoms with Gasteiger partial charge in [-0.05, 0) is 48.7 Å². The van der Waals surface area contributed by atoms with Gasteiger partial charge < -0.3 is 9.84 Å². The van der Waals surface area contributed by atoms with E-state index in [4.69, 9.17) is 21.4 Å². The number of nitrogens with zero attached hydrogens (tertiary/aromatic N) is 1. The molecule has 0 aliphatic carbocycles. The number of benzene rings is 1. The summed E-state index contributed by atoms with van der Waals surface area (Å²) in [5.41, 5.74) is 2.82. The van der Waals surface area contributed by atoms with Gasteiger partial charge in [0.2, 0.25) is 5.88 Å². The van der Waals surface area contributed by atoms with Crippen LogP contribution >= 0.6 is 27.5 Å². The topological polar surface area (TPSA) is 42.4 Å². The zero-order valence-corrected chi connectivity index (χ0v) is 12.9. The molecule has 2 rings (SSSR count). The molecule has 0 saturated heterocycles. The first kappa shape index (κ1) is 14.3. The third-order valence-corrected chi connectivity index (χ3v) is 4.19. The Bertz CT molecular complexity index is 593. The number of aliphatic hydroxyl groups is 1. The molecule has 1 heterocycles. The Hall–Kier alpha value is -1.10. The van der Waals surface area contributed by atoms with E-state index in [-0.39, 0.29) is 6.61 Å². The highest BCUT2D eigenvalue weighted by Crippen LogP contribution is 2.31. The van der Waals surface area contributed by atoms with Crippen molar-refractivity contribution in [3.05, 3.63) is 50.6 Å². The van der Waals surface area contributed by atoms with Gasteiger partial charge in [0.15, 0.2) is 0 Å². The first-order valence-electron chi connectivity index (χ1n) is 5.71. The normalized spacial score (nSPS) is 10.6. The molecule has 0 radical (unpaired) electrons. The zero-order valence-electron chi connectivity index (χ0n) is 10.6. The highest BCUT2D eigenvalue weighted by Gasteiger charge is 2.08. The van der Waals surface area contributed by atoms with Crippen molar-refractivity contribution in [2.75, 3.05) is 0 Å². The lowest BCUT2D eigenvalue weighted by Crippen LogP contribution is -1.93. The summed E-state index contributed by atoms with van der Waals surface area (Å²) < 4.78 is 6.74. The van der Waals surface area contributed by atoms with Crippen LogP contribution in [0.3, 0.4) is 0 Å². The summed E-state index contributed by atoms with van der Waals surface area (Å²) in [4.78, 5) is 4.10. The van der Waals surface area contributed by atoms with Crippen LogP contribution in [0.15, 0.2) is 28.9 Å². The van der Waals surface area contributed by atoms with Gasteiger partial charge in [0, 0.05) is 10.7 Å². The van der Waals surface area contributed by atoms with E-state index in [1.165, 1.54) is 0 Å². The Balaban J connectivity index is 2.31. The molecule has 0 aliphatic heterocycles. The molecule has 1 N–H and O–H groups in total. The van der Waals surface area contributed by atoms with Gasteiger partial charge in [-0.25, -0.2) is 4.98 Å². The van der Waals surface area contributed by atoms with E-state index in [0.717, 1.165) is 15.6 Å². The Morgan fingerprint density at radius 3 is 2.42 bits per heavy atom. The highest BCUT2D eigenvalue weighted by atomic mass is 79.9. The number of hydrogen-bond acceptors (Lipinski definition) is 3. The van der Waals surface area contributed by atoms with E-state index in [9.17, 15) is 0 Å². The predicted molar refractivity (Wildman–Crippen MR) is 78.9 cm³/mol. The Kier molecular flexibility index (Phi) is 4.45. The van der Waals surface area contributed by atoms with E-state index in [1.54, 1.807) is 12.3 Å². The smallest absolute Gasteiger partial charge is 0.238 e. The van der Waals surface area contributed by atoms with Gasteiger partial charge in [0.25, 0.3) is 0 Å². The van der Waals surface area contributed by atoms with Crippen LogP contribution in [0.1, 0.15) is 16.7 Å². The number of aromatic nitrogens is 1. The lowest BCUT2D eigenvalue weighted by Gasteiger charge is -2.10. The van der Waals surface area contributed by atoms with E-state index >= 15 is 0 Å². The van der Waals surface area contributed by atoms with Crippen molar-refractivity contribution in [3.8, 4) is 11.6 Å². The Morgan fingerprint density at radius 1 is 1.26 bits per heavy atom. The van der Waals surface area contributed by atoms with Crippen LogP contribution in [-0.4, -0.2) is 10.1 Å². The number of rotatable bonds is 3. The van der Waals surface area contributed by atoms with Crippen molar-refractivity contribution >= 4 is 27.5 Å². The molecule has 0 saturated carbocycles. The van der Waals surface area contributed by atoms with Crippen molar-refractivity contribution in [2.24, 2.45) is 0 Å². The molecule has 1 aromatic carbocycles. The van der Waals surface area contributed by atoms with Crippen molar-refractivity contribution in [1.29, 1.82) is 0 Å². The molecule has 3 nitrogen and oxygen atoms in total. The second kappa shape index (κ2) is 5.90. The molecule has 2 aromatic rings. The SMILES string of the molecule is Cc1cc(Oc2ncc(CO)cc2Cl)cc(C)c1Br. The Morgan fingerprint density at radius 2 is 1.89 bits per heavy atom. The molecule has 100 valence electrons. The average molecular weight is 343 g/mol. The summed E-state index contributed by atoms with van der Waals surface area (Å²) in [6.07, 6.45) is 1.54. The van der Waals surface area contributed by atoms with Crippen LogP contribution in [0.5, 0.6) is 11.6 Å². The van der Waals surface area contributed by atoms with E-state index in [2.05, 4.69) is 20.9 Å². The molecular weight excluding hydrogens is 330 g/mol. The second-order valence-corrected chi connectivity index (χ2v) is 5.46. The molecule has 0 fully saturated rings. The molecule has 0 aliphatic rings. The Labute approximate surface area is 125 Å². The quantitative estimate of drug-likeness (QED) is 0.899. The van der Waals surface area contributed by atoms with Crippen LogP contribution < -0.4 is 4.74 Å². The lowest BCUT2D eigenvalue weighted by molar-refractivity contribution is 0.281. The third kappa shape index (κ3) is 3.26. The molecular formula is C14H13BrClNO2. The minimum Gasteiger partial charge on any atom is -0.438 e. The second-order valence-electron chi connectivity index (χ2n) is 4.26. The molecule has 0 bridgehead atoms. The number of hydrogen-bond donors (Lipinski definition) is 1. The summed E-state index contributed by atoms with van der Waals surface area (Å²) in [6.45, 7) is 3.89. The molecule has 0 atom stereocenters. The minimum absolute atomic E-state index is 0.0937. The maximum Gasteiger partial charge on any atom is 0.238 e. The van der Waals surface area contributed by atoms with Gasteiger partial charge in [-0.3, -0.25) is 0 Å². The van der Waals surface area contributed by atoms with Crippen molar-refractivity contribution in [1.82, 2.24) is 4.98 Å². The summed E-state index contributed by atoms with van der Waals surface area (Å²) in [7, 11) is 0. The van der Waals surface area contributed by atoms with E-state index in [0.29, 0.717) is 22.2 Å². The monoisotopic (exact) mass is 341 g/mol. The van der Waals surface area contributed by atoms with Crippen molar-refractivity contribution < 1.29 is 9.84 Å². The van der Waals surface area contributed by atoms with Gasteiger partial charge in [-0.15, -0.1) is 0 Å². The fourth-order valence-corrected chi connectivity index (χ4v) is 2.16.